The van der Waals surface area contributed by atoms with E-state index >= 15 is 0 Å². The number of hydrogen-bond acceptors (Lipinski definition) is 3. The van der Waals surface area contributed by atoms with Crippen LogP contribution in [0.5, 0.6) is 0 Å². The molecule has 0 atom stereocenters. The Morgan fingerprint density at radius 3 is 2.69 bits per heavy atom. The van der Waals surface area contributed by atoms with Crippen LogP contribution in [0.2, 0.25) is 0 Å². The predicted molar refractivity (Wildman–Crippen MR) is 59.6 cm³/mol. The molecule has 0 heterocycles. The maximum atomic E-state index is 12.3. The lowest BCUT2D eigenvalue weighted by Crippen LogP contribution is -2.31. The van der Waals surface area contributed by atoms with Crippen LogP contribution in [0.4, 0.5) is 14.5 Å². The van der Waals surface area contributed by atoms with Crippen LogP contribution >= 0.6 is 0 Å². The van der Waals surface area contributed by atoms with Gasteiger partial charge in [-0.05, 0) is 17.7 Å². The number of hydrogen-bond donors (Lipinski definition) is 2. The van der Waals surface area contributed by atoms with Crippen molar-refractivity contribution in [2.75, 3.05) is 24.6 Å². The number of anilines is 1. The molecule has 0 aliphatic rings. The number of rotatable bonds is 6. The van der Waals surface area contributed by atoms with Crippen molar-refractivity contribution in [1.29, 1.82) is 0 Å². The van der Waals surface area contributed by atoms with Crippen molar-refractivity contribution >= 4 is 5.69 Å². The lowest BCUT2D eigenvalue weighted by atomic mass is 10.2. The highest BCUT2D eigenvalue weighted by molar-refractivity contribution is 5.48. The summed E-state index contributed by atoms with van der Waals surface area (Å²) in [6.45, 7) is 0.0298. The van der Waals surface area contributed by atoms with Gasteiger partial charge in [0.05, 0.1) is 13.2 Å². The Hall–Kier alpha value is -1.20. The average molecular weight is 230 g/mol. The smallest absolute Gasteiger partial charge is 0.255 e. The van der Waals surface area contributed by atoms with E-state index in [1.165, 1.54) is 4.90 Å². The van der Waals surface area contributed by atoms with E-state index in [0.29, 0.717) is 12.2 Å². The van der Waals surface area contributed by atoms with Gasteiger partial charge in [0.15, 0.2) is 0 Å². The number of nitrogens with two attached hydrogens (primary N) is 1. The van der Waals surface area contributed by atoms with E-state index in [1.807, 2.05) is 6.07 Å². The summed E-state index contributed by atoms with van der Waals surface area (Å²) in [5.41, 5.74) is 7.03. The summed E-state index contributed by atoms with van der Waals surface area (Å²) < 4.78 is 24.7. The number of alkyl halides is 2. The van der Waals surface area contributed by atoms with Crippen LogP contribution in [0.3, 0.4) is 0 Å². The zero-order valence-corrected chi connectivity index (χ0v) is 8.94. The molecule has 0 unspecified atom stereocenters. The van der Waals surface area contributed by atoms with E-state index in [1.54, 1.807) is 18.2 Å². The van der Waals surface area contributed by atoms with Gasteiger partial charge in [-0.3, -0.25) is 0 Å². The normalized spacial score (nSPS) is 10.8. The Kier molecular flexibility index (Phi) is 5.14. The van der Waals surface area contributed by atoms with Gasteiger partial charge in [-0.25, -0.2) is 8.78 Å². The SMILES string of the molecule is NCc1cccc(N(CCO)CC(F)F)c1. The third-order valence-corrected chi connectivity index (χ3v) is 2.24. The lowest BCUT2D eigenvalue weighted by Gasteiger charge is -2.23. The molecule has 1 rings (SSSR count). The summed E-state index contributed by atoms with van der Waals surface area (Å²) in [5, 5.41) is 8.83. The molecule has 0 saturated heterocycles. The van der Waals surface area contributed by atoms with Gasteiger partial charge in [-0.15, -0.1) is 0 Å². The molecule has 0 radical (unpaired) electrons. The quantitative estimate of drug-likeness (QED) is 0.772. The maximum absolute atomic E-state index is 12.3. The van der Waals surface area contributed by atoms with Crippen molar-refractivity contribution in [3.8, 4) is 0 Å². The fourth-order valence-corrected chi connectivity index (χ4v) is 1.49. The summed E-state index contributed by atoms with van der Waals surface area (Å²) in [4.78, 5) is 1.45. The molecule has 3 N–H and O–H groups in total. The minimum Gasteiger partial charge on any atom is -0.395 e. The highest BCUT2D eigenvalue weighted by Gasteiger charge is 2.12. The van der Waals surface area contributed by atoms with Crippen molar-refractivity contribution in [2.45, 2.75) is 13.0 Å². The van der Waals surface area contributed by atoms with Gasteiger partial charge in [0, 0.05) is 18.8 Å². The molecule has 16 heavy (non-hydrogen) atoms. The first-order valence-electron chi connectivity index (χ1n) is 5.10. The van der Waals surface area contributed by atoms with Crippen molar-refractivity contribution < 1.29 is 13.9 Å². The first kappa shape index (κ1) is 12.9. The molecule has 0 spiro atoms. The number of nitrogens with zero attached hydrogens (tertiary/aromatic N) is 1. The van der Waals surface area contributed by atoms with Crippen LogP contribution in [-0.2, 0) is 6.54 Å². The Balaban J connectivity index is 2.82. The maximum Gasteiger partial charge on any atom is 0.255 e. The first-order valence-corrected chi connectivity index (χ1v) is 5.10. The van der Waals surface area contributed by atoms with Crippen molar-refractivity contribution in [1.82, 2.24) is 0 Å². The molecule has 0 aliphatic carbocycles. The topological polar surface area (TPSA) is 49.5 Å². The summed E-state index contributed by atoms with van der Waals surface area (Å²) in [7, 11) is 0. The summed E-state index contributed by atoms with van der Waals surface area (Å²) in [6, 6.07) is 7.10. The molecule has 0 aromatic heterocycles. The van der Waals surface area contributed by atoms with Crippen LogP contribution in [0.15, 0.2) is 24.3 Å². The molecule has 3 nitrogen and oxygen atoms in total. The fraction of sp³-hybridized carbons (Fsp3) is 0.455. The molecule has 1 aromatic carbocycles. The summed E-state index contributed by atoms with van der Waals surface area (Å²) in [6.07, 6.45) is -2.42. The van der Waals surface area contributed by atoms with Gasteiger partial charge in [0.1, 0.15) is 0 Å². The zero-order valence-electron chi connectivity index (χ0n) is 8.94. The lowest BCUT2D eigenvalue weighted by molar-refractivity contribution is 0.153. The predicted octanol–water partition coefficient (Wildman–Crippen LogP) is 1.21. The van der Waals surface area contributed by atoms with Gasteiger partial charge in [-0.1, -0.05) is 12.1 Å². The van der Waals surface area contributed by atoms with Crippen LogP contribution < -0.4 is 10.6 Å². The first-order chi connectivity index (χ1) is 7.67. The molecule has 1 aromatic rings. The van der Waals surface area contributed by atoms with E-state index in [0.717, 1.165) is 5.56 Å². The minimum absolute atomic E-state index is 0.153. The molecule has 0 saturated carbocycles. The third-order valence-electron chi connectivity index (χ3n) is 2.24. The van der Waals surface area contributed by atoms with Crippen LogP contribution in [0, 0.1) is 0 Å². The highest BCUT2D eigenvalue weighted by Crippen LogP contribution is 2.17. The van der Waals surface area contributed by atoms with Gasteiger partial charge in [0.25, 0.3) is 6.43 Å². The number of aliphatic hydroxyl groups excluding tert-OH is 1. The second-order valence-electron chi connectivity index (χ2n) is 3.43. The van der Waals surface area contributed by atoms with Crippen molar-refractivity contribution in [3.63, 3.8) is 0 Å². The fourth-order valence-electron chi connectivity index (χ4n) is 1.49. The van der Waals surface area contributed by atoms with E-state index in [2.05, 4.69) is 0 Å². The summed E-state index contributed by atoms with van der Waals surface area (Å²) in [5.74, 6) is 0. The summed E-state index contributed by atoms with van der Waals surface area (Å²) >= 11 is 0. The second kappa shape index (κ2) is 6.40. The molecule has 90 valence electrons. The van der Waals surface area contributed by atoms with Gasteiger partial charge >= 0.3 is 0 Å². The van der Waals surface area contributed by atoms with E-state index in [4.69, 9.17) is 10.8 Å². The Bertz CT molecular complexity index is 321. The Morgan fingerprint density at radius 1 is 1.38 bits per heavy atom. The van der Waals surface area contributed by atoms with Crippen molar-refractivity contribution in [3.05, 3.63) is 29.8 Å². The van der Waals surface area contributed by atoms with Crippen LogP contribution in [0.25, 0.3) is 0 Å². The van der Waals surface area contributed by atoms with Gasteiger partial charge < -0.3 is 15.7 Å². The number of halogens is 2. The van der Waals surface area contributed by atoms with E-state index in [9.17, 15) is 8.78 Å². The molecular formula is C11H16F2N2O. The average Bonchev–Trinajstić information content (AvgIpc) is 2.28. The van der Waals surface area contributed by atoms with Crippen LogP contribution in [-0.4, -0.2) is 31.2 Å². The molecule has 5 heteroatoms. The Morgan fingerprint density at radius 2 is 2.12 bits per heavy atom. The van der Waals surface area contributed by atoms with Crippen LogP contribution in [0.1, 0.15) is 5.56 Å². The number of aliphatic hydroxyl groups is 1. The minimum atomic E-state index is -2.42. The molecule has 0 bridgehead atoms. The van der Waals surface area contributed by atoms with Crippen molar-refractivity contribution in [2.24, 2.45) is 5.73 Å². The molecule has 0 amide bonds. The standard InChI is InChI=1S/C11H16F2N2O/c12-11(13)8-15(4-5-16)10-3-1-2-9(6-10)7-14/h1-3,6,11,16H,4-5,7-8,14H2. The molecular weight excluding hydrogens is 214 g/mol. The third kappa shape index (κ3) is 3.75. The largest absolute Gasteiger partial charge is 0.395 e. The molecule has 0 aliphatic heterocycles. The number of benzene rings is 1. The van der Waals surface area contributed by atoms with Gasteiger partial charge in [-0.2, -0.15) is 0 Å². The highest BCUT2D eigenvalue weighted by atomic mass is 19.3. The van der Waals surface area contributed by atoms with Gasteiger partial charge in [0.2, 0.25) is 0 Å². The van der Waals surface area contributed by atoms with E-state index < -0.39 is 6.43 Å². The van der Waals surface area contributed by atoms with E-state index in [-0.39, 0.29) is 19.7 Å². The monoisotopic (exact) mass is 230 g/mol. The Labute approximate surface area is 93.5 Å². The molecule has 0 fully saturated rings. The second-order valence-corrected chi connectivity index (χ2v) is 3.43. The zero-order chi connectivity index (χ0) is 12.0.